The van der Waals surface area contributed by atoms with Crippen molar-refractivity contribution in [2.75, 3.05) is 6.61 Å². The molecule has 0 spiro atoms. The van der Waals surface area contributed by atoms with E-state index < -0.39 is 30.4 Å². The van der Waals surface area contributed by atoms with Crippen molar-refractivity contribution in [1.29, 1.82) is 0 Å². The van der Waals surface area contributed by atoms with Gasteiger partial charge < -0.3 is 15.5 Å². The van der Waals surface area contributed by atoms with E-state index in [0.717, 1.165) is 16.7 Å². The number of rotatable bonds is 9. The topological polar surface area (TPSA) is 128 Å². The summed E-state index contributed by atoms with van der Waals surface area (Å²) in [5, 5.41) is 31.0. The van der Waals surface area contributed by atoms with Crippen LogP contribution in [0.15, 0.2) is 60.8 Å². The predicted molar refractivity (Wildman–Crippen MR) is 106 cm³/mol. The minimum absolute atomic E-state index is 0.0968. The summed E-state index contributed by atoms with van der Waals surface area (Å²) in [6, 6.07) is 17.3. The molecule has 0 saturated carbocycles. The smallest absolute Gasteiger partial charge is 0.308 e. The first-order valence-corrected chi connectivity index (χ1v) is 9.21. The van der Waals surface area contributed by atoms with Gasteiger partial charge in [-0.3, -0.25) is 14.7 Å². The molecule has 8 heteroatoms. The zero-order chi connectivity index (χ0) is 20.6. The van der Waals surface area contributed by atoms with Gasteiger partial charge >= 0.3 is 5.97 Å². The van der Waals surface area contributed by atoms with Gasteiger partial charge in [0.15, 0.2) is 0 Å². The highest BCUT2D eigenvalue weighted by molar-refractivity contribution is 5.92. The van der Waals surface area contributed by atoms with E-state index in [1.165, 1.54) is 6.20 Å². The number of aliphatic carboxylic acids is 1. The van der Waals surface area contributed by atoms with E-state index in [2.05, 4.69) is 20.7 Å². The number of hydrogen-bond acceptors (Lipinski definition) is 5. The molecule has 0 aliphatic heterocycles. The molecule has 1 heterocycles. The molecule has 3 aromatic rings. The van der Waals surface area contributed by atoms with Crippen molar-refractivity contribution in [3.8, 4) is 11.1 Å². The molecule has 0 unspecified atom stereocenters. The normalized spacial score (nSPS) is 12.9. The molecule has 29 heavy (non-hydrogen) atoms. The maximum absolute atomic E-state index is 12.4. The Morgan fingerprint density at radius 2 is 1.72 bits per heavy atom. The van der Waals surface area contributed by atoms with Gasteiger partial charge in [-0.25, -0.2) is 0 Å². The van der Waals surface area contributed by atoms with E-state index in [0.29, 0.717) is 6.42 Å². The lowest BCUT2D eigenvalue weighted by Gasteiger charge is -2.21. The van der Waals surface area contributed by atoms with Gasteiger partial charge in [0.2, 0.25) is 0 Å². The van der Waals surface area contributed by atoms with Gasteiger partial charge in [0.05, 0.1) is 18.7 Å². The molecule has 3 rings (SSSR count). The summed E-state index contributed by atoms with van der Waals surface area (Å²) in [4.78, 5) is 23.7. The summed E-state index contributed by atoms with van der Waals surface area (Å²) in [7, 11) is 0. The summed E-state index contributed by atoms with van der Waals surface area (Å²) >= 11 is 0. The molecule has 0 fully saturated rings. The fraction of sp³-hybridized carbons (Fsp3) is 0.238. The lowest BCUT2D eigenvalue weighted by atomic mass is 9.94. The van der Waals surface area contributed by atoms with Gasteiger partial charge in [-0.1, -0.05) is 59.8 Å². The molecule has 0 radical (unpaired) electrons. The SMILES string of the molecule is O=C(N[C@H](Cc1ccc(-c2ccccc2)cc1)C[C@H](CO)C(=O)O)c1cnn[nH]1. The second-order valence-corrected chi connectivity index (χ2v) is 6.76. The van der Waals surface area contributed by atoms with E-state index in [1.807, 2.05) is 54.6 Å². The Morgan fingerprint density at radius 3 is 2.31 bits per heavy atom. The Kier molecular flexibility index (Phi) is 6.70. The van der Waals surface area contributed by atoms with Gasteiger partial charge in [-0.05, 0) is 29.5 Å². The molecule has 2 atom stereocenters. The van der Waals surface area contributed by atoms with Crippen molar-refractivity contribution < 1.29 is 19.8 Å². The third kappa shape index (κ3) is 5.49. The maximum atomic E-state index is 12.4. The first-order chi connectivity index (χ1) is 14.1. The number of benzene rings is 2. The molecule has 150 valence electrons. The third-order valence-electron chi connectivity index (χ3n) is 4.68. The highest BCUT2D eigenvalue weighted by atomic mass is 16.4. The van der Waals surface area contributed by atoms with Crippen molar-refractivity contribution in [2.45, 2.75) is 18.9 Å². The van der Waals surface area contributed by atoms with Crippen LogP contribution < -0.4 is 5.32 Å². The highest BCUT2D eigenvalue weighted by Gasteiger charge is 2.24. The van der Waals surface area contributed by atoms with E-state index in [1.54, 1.807) is 0 Å². The summed E-state index contributed by atoms with van der Waals surface area (Å²) in [5.41, 5.74) is 3.30. The van der Waals surface area contributed by atoms with E-state index in [4.69, 9.17) is 0 Å². The zero-order valence-electron chi connectivity index (χ0n) is 15.7. The first-order valence-electron chi connectivity index (χ1n) is 9.21. The Bertz CT molecular complexity index is 927. The number of carbonyl (C=O) groups excluding carboxylic acids is 1. The second-order valence-electron chi connectivity index (χ2n) is 6.76. The molecule has 2 aromatic carbocycles. The first kappa shape index (κ1) is 20.2. The minimum atomic E-state index is -1.10. The average Bonchev–Trinajstić information content (AvgIpc) is 3.28. The average molecular weight is 394 g/mol. The molecule has 0 aliphatic rings. The summed E-state index contributed by atoms with van der Waals surface area (Å²) < 4.78 is 0. The number of nitrogens with zero attached hydrogens (tertiary/aromatic N) is 2. The molecule has 8 nitrogen and oxygen atoms in total. The van der Waals surface area contributed by atoms with Gasteiger partial charge in [0.25, 0.3) is 5.91 Å². The van der Waals surface area contributed by atoms with Crippen LogP contribution in [0.5, 0.6) is 0 Å². The Hall–Kier alpha value is -3.52. The van der Waals surface area contributed by atoms with Crippen molar-refractivity contribution in [2.24, 2.45) is 5.92 Å². The number of aromatic amines is 1. The van der Waals surface area contributed by atoms with Crippen LogP contribution in [0.1, 0.15) is 22.5 Å². The number of carboxylic acids is 1. The monoisotopic (exact) mass is 394 g/mol. The standard InChI is InChI=1S/C21H22N4O4/c26-13-17(21(28)29)11-18(23-20(27)19-12-22-25-24-19)10-14-6-8-16(9-7-14)15-4-2-1-3-5-15/h1-9,12,17-18,26H,10-11,13H2,(H,23,27)(H,28,29)(H,22,24,25)/t17-,18-/m1/s1. The van der Waals surface area contributed by atoms with Crippen molar-refractivity contribution in [1.82, 2.24) is 20.7 Å². The summed E-state index contributed by atoms with van der Waals surface area (Å²) in [6.07, 6.45) is 1.81. The quantitative estimate of drug-likeness (QED) is 0.439. The van der Waals surface area contributed by atoms with Crippen molar-refractivity contribution in [3.05, 3.63) is 72.1 Å². The highest BCUT2D eigenvalue weighted by Crippen LogP contribution is 2.20. The molecule has 0 bridgehead atoms. The van der Waals surface area contributed by atoms with Crippen LogP contribution in [0.25, 0.3) is 11.1 Å². The Morgan fingerprint density at radius 1 is 1.03 bits per heavy atom. The Balaban J connectivity index is 1.74. The lowest BCUT2D eigenvalue weighted by molar-refractivity contribution is -0.143. The van der Waals surface area contributed by atoms with E-state index in [-0.39, 0.29) is 12.1 Å². The number of hydrogen-bond donors (Lipinski definition) is 4. The number of aliphatic hydroxyl groups excluding tert-OH is 1. The van der Waals surface area contributed by atoms with Crippen LogP contribution in [-0.4, -0.2) is 50.1 Å². The van der Waals surface area contributed by atoms with Crippen molar-refractivity contribution in [3.63, 3.8) is 0 Å². The number of nitrogens with one attached hydrogen (secondary N) is 2. The van der Waals surface area contributed by atoms with Crippen LogP contribution in [0.3, 0.4) is 0 Å². The molecule has 1 aromatic heterocycles. The van der Waals surface area contributed by atoms with Gasteiger partial charge in [-0.2, -0.15) is 0 Å². The minimum Gasteiger partial charge on any atom is -0.481 e. The third-order valence-corrected chi connectivity index (χ3v) is 4.68. The molecule has 1 amide bonds. The number of aromatic nitrogens is 3. The van der Waals surface area contributed by atoms with Gasteiger partial charge in [0, 0.05) is 6.04 Å². The van der Waals surface area contributed by atoms with Gasteiger partial charge in [0.1, 0.15) is 5.69 Å². The Labute approximate surface area is 167 Å². The lowest BCUT2D eigenvalue weighted by Crippen LogP contribution is -2.40. The van der Waals surface area contributed by atoms with Crippen molar-refractivity contribution >= 4 is 11.9 Å². The number of carboxylic acid groups (broad SMARTS) is 1. The molecular weight excluding hydrogens is 372 g/mol. The van der Waals surface area contributed by atoms with Crippen LogP contribution in [0, 0.1) is 5.92 Å². The summed E-state index contributed by atoms with van der Waals surface area (Å²) in [6.45, 7) is -0.500. The number of H-pyrrole nitrogens is 1. The number of aliphatic hydroxyl groups is 1. The second kappa shape index (κ2) is 9.61. The van der Waals surface area contributed by atoms with E-state index >= 15 is 0 Å². The van der Waals surface area contributed by atoms with Gasteiger partial charge in [-0.15, -0.1) is 5.10 Å². The van der Waals surface area contributed by atoms with Crippen LogP contribution >= 0.6 is 0 Å². The fourth-order valence-corrected chi connectivity index (χ4v) is 3.11. The fourth-order valence-electron chi connectivity index (χ4n) is 3.11. The molecule has 4 N–H and O–H groups in total. The molecular formula is C21H22N4O4. The zero-order valence-corrected chi connectivity index (χ0v) is 15.7. The molecule has 0 aliphatic carbocycles. The maximum Gasteiger partial charge on any atom is 0.308 e. The largest absolute Gasteiger partial charge is 0.481 e. The van der Waals surface area contributed by atoms with Crippen LogP contribution in [0.2, 0.25) is 0 Å². The number of carbonyl (C=O) groups is 2. The molecule has 0 saturated heterocycles. The van der Waals surface area contributed by atoms with E-state index in [9.17, 15) is 19.8 Å². The van der Waals surface area contributed by atoms with Crippen LogP contribution in [0.4, 0.5) is 0 Å². The summed E-state index contributed by atoms with van der Waals surface area (Å²) in [5.74, 6) is -2.50. The number of amides is 1. The van der Waals surface area contributed by atoms with Crippen LogP contribution in [-0.2, 0) is 11.2 Å². The predicted octanol–water partition coefficient (Wildman–Crippen LogP) is 1.90.